The first kappa shape index (κ1) is 14.5. The van der Waals surface area contributed by atoms with Gasteiger partial charge in [0.25, 0.3) is 0 Å². The molecular weight excluding hydrogens is 240 g/mol. The lowest BCUT2D eigenvalue weighted by Gasteiger charge is -2.13. The second kappa shape index (κ2) is 6.97. The maximum absolute atomic E-state index is 13.4. The Morgan fingerprint density at radius 3 is 2.59 bits per heavy atom. The third-order valence-corrected chi connectivity index (χ3v) is 3.86. The molecular formula is C13H19F2NS. The minimum absolute atomic E-state index is 0.130. The lowest BCUT2D eigenvalue weighted by atomic mass is 10.1. The fraction of sp³-hybridized carbons (Fsp3) is 0.538. The highest BCUT2D eigenvalue weighted by atomic mass is 32.2. The number of thioether (sulfide) groups is 1. The average Bonchev–Trinajstić information content (AvgIpc) is 2.24. The highest BCUT2D eigenvalue weighted by molar-refractivity contribution is 7.99. The van der Waals surface area contributed by atoms with Crippen LogP contribution in [-0.4, -0.2) is 17.5 Å². The number of nitrogens with two attached hydrogens (primary N) is 1. The Morgan fingerprint density at radius 2 is 1.94 bits per heavy atom. The topological polar surface area (TPSA) is 26.0 Å². The molecule has 0 bridgehead atoms. The zero-order valence-electron chi connectivity index (χ0n) is 10.2. The van der Waals surface area contributed by atoms with Crippen LogP contribution in [0.2, 0.25) is 0 Å². The molecule has 0 aliphatic carbocycles. The van der Waals surface area contributed by atoms with Gasteiger partial charge in [0, 0.05) is 11.8 Å². The second-order valence-electron chi connectivity index (χ2n) is 4.61. The maximum Gasteiger partial charge on any atom is 0.162 e. The Morgan fingerprint density at radius 1 is 1.24 bits per heavy atom. The average molecular weight is 259 g/mol. The van der Waals surface area contributed by atoms with Gasteiger partial charge >= 0.3 is 0 Å². The van der Waals surface area contributed by atoms with E-state index < -0.39 is 11.6 Å². The Bertz CT molecular complexity index is 355. The van der Waals surface area contributed by atoms with Gasteiger partial charge in [0.2, 0.25) is 0 Å². The van der Waals surface area contributed by atoms with E-state index in [4.69, 9.17) is 5.73 Å². The van der Waals surface area contributed by atoms with Crippen molar-refractivity contribution in [3.8, 4) is 0 Å². The number of hydrogen-bond donors (Lipinski definition) is 1. The summed E-state index contributed by atoms with van der Waals surface area (Å²) in [7, 11) is 0. The van der Waals surface area contributed by atoms with Gasteiger partial charge in [-0.3, -0.25) is 0 Å². The SMILES string of the molecule is CC(C)CSCC(N)Cc1cccc(F)c1F. The van der Waals surface area contributed by atoms with Crippen LogP contribution in [0.1, 0.15) is 19.4 Å². The molecule has 96 valence electrons. The molecule has 17 heavy (non-hydrogen) atoms. The molecule has 1 rings (SSSR count). The van der Waals surface area contributed by atoms with Gasteiger partial charge in [-0.15, -0.1) is 0 Å². The highest BCUT2D eigenvalue weighted by Crippen LogP contribution is 2.15. The second-order valence-corrected chi connectivity index (χ2v) is 5.68. The summed E-state index contributed by atoms with van der Waals surface area (Å²) in [6, 6.07) is 4.10. The lowest BCUT2D eigenvalue weighted by molar-refractivity contribution is 0.495. The minimum Gasteiger partial charge on any atom is -0.327 e. The van der Waals surface area contributed by atoms with Crippen molar-refractivity contribution in [2.75, 3.05) is 11.5 Å². The van der Waals surface area contributed by atoms with E-state index in [1.807, 2.05) is 0 Å². The molecule has 1 aromatic carbocycles. The van der Waals surface area contributed by atoms with Gasteiger partial charge in [-0.05, 0) is 29.7 Å². The number of benzene rings is 1. The van der Waals surface area contributed by atoms with Gasteiger partial charge in [-0.1, -0.05) is 26.0 Å². The first-order valence-electron chi connectivity index (χ1n) is 5.77. The molecule has 0 saturated heterocycles. The third kappa shape index (κ3) is 5.04. The normalized spacial score (nSPS) is 13.1. The molecule has 0 aliphatic heterocycles. The van der Waals surface area contributed by atoms with Crippen molar-refractivity contribution >= 4 is 11.8 Å². The fourth-order valence-corrected chi connectivity index (χ4v) is 2.53. The molecule has 0 fully saturated rings. The standard InChI is InChI=1S/C13H19F2NS/c1-9(2)7-17-8-11(16)6-10-4-3-5-12(14)13(10)15/h3-5,9,11H,6-8,16H2,1-2H3. The van der Waals surface area contributed by atoms with E-state index in [1.165, 1.54) is 6.07 Å². The number of halogens is 2. The molecule has 4 heteroatoms. The van der Waals surface area contributed by atoms with Crippen LogP contribution in [-0.2, 0) is 6.42 Å². The first-order valence-corrected chi connectivity index (χ1v) is 6.92. The summed E-state index contributed by atoms with van der Waals surface area (Å²) in [4.78, 5) is 0. The highest BCUT2D eigenvalue weighted by Gasteiger charge is 2.11. The van der Waals surface area contributed by atoms with E-state index in [2.05, 4.69) is 13.8 Å². The van der Waals surface area contributed by atoms with E-state index in [1.54, 1.807) is 17.8 Å². The molecule has 0 amide bonds. The minimum atomic E-state index is -0.801. The van der Waals surface area contributed by atoms with Crippen LogP contribution in [0.5, 0.6) is 0 Å². The van der Waals surface area contributed by atoms with Gasteiger partial charge in [0.05, 0.1) is 0 Å². The van der Waals surface area contributed by atoms with Gasteiger partial charge in [0.15, 0.2) is 11.6 Å². The van der Waals surface area contributed by atoms with Gasteiger partial charge < -0.3 is 5.73 Å². The summed E-state index contributed by atoms with van der Waals surface area (Å²) in [5.74, 6) is 0.868. The summed E-state index contributed by atoms with van der Waals surface area (Å²) >= 11 is 1.76. The molecule has 1 aromatic rings. The monoisotopic (exact) mass is 259 g/mol. The van der Waals surface area contributed by atoms with Crippen LogP contribution in [0.3, 0.4) is 0 Å². The Hall–Kier alpha value is -0.610. The van der Waals surface area contributed by atoms with E-state index in [-0.39, 0.29) is 6.04 Å². The van der Waals surface area contributed by atoms with Crippen LogP contribution in [0, 0.1) is 17.6 Å². The molecule has 0 heterocycles. The Kier molecular flexibility index (Phi) is 5.92. The predicted molar refractivity (Wildman–Crippen MR) is 70.2 cm³/mol. The lowest BCUT2D eigenvalue weighted by Crippen LogP contribution is -2.26. The van der Waals surface area contributed by atoms with E-state index in [0.717, 1.165) is 17.6 Å². The predicted octanol–water partition coefficient (Wildman–Crippen LogP) is 3.22. The summed E-state index contributed by atoms with van der Waals surface area (Å²) in [5.41, 5.74) is 6.26. The summed E-state index contributed by atoms with van der Waals surface area (Å²) in [6.45, 7) is 4.29. The first-order chi connectivity index (χ1) is 8.00. The van der Waals surface area contributed by atoms with Gasteiger partial charge in [-0.25, -0.2) is 8.78 Å². The van der Waals surface area contributed by atoms with E-state index in [9.17, 15) is 8.78 Å². The van der Waals surface area contributed by atoms with Gasteiger partial charge in [0.1, 0.15) is 0 Å². The quantitative estimate of drug-likeness (QED) is 0.849. The van der Waals surface area contributed by atoms with Crippen molar-refractivity contribution in [3.63, 3.8) is 0 Å². The van der Waals surface area contributed by atoms with Crippen molar-refractivity contribution in [1.82, 2.24) is 0 Å². The van der Waals surface area contributed by atoms with Crippen molar-refractivity contribution in [2.45, 2.75) is 26.3 Å². The summed E-state index contributed by atoms with van der Waals surface area (Å²) in [5, 5.41) is 0. The van der Waals surface area contributed by atoms with Crippen LogP contribution < -0.4 is 5.73 Å². The molecule has 0 saturated carbocycles. The zero-order chi connectivity index (χ0) is 12.8. The van der Waals surface area contributed by atoms with Crippen molar-refractivity contribution in [1.29, 1.82) is 0 Å². The summed E-state index contributed by atoms with van der Waals surface area (Å²) in [6.07, 6.45) is 0.384. The van der Waals surface area contributed by atoms with Crippen molar-refractivity contribution < 1.29 is 8.78 Å². The fourth-order valence-electron chi connectivity index (χ4n) is 1.50. The van der Waals surface area contributed by atoms with Gasteiger partial charge in [-0.2, -0.15) is 11.8 Å². The van der Waals surface area contributed by atoms with E-state index >= 15 is 0 Å². The molecule has 0 aliphatic rings. The van der Waals surface area contributed by atoms with E-state index in [0.29, 0.717) is 17.9 Å². The molecule has 1 nitrogen and oxygen atoms in total. The molecule has 0 aromatic heterocycles. The van der Waals surface area contributed by atoms with Crippen molar-refractivity contribution in [2.24, 2.45) is 11.7 Å². The third-order valence-electron chi connectivity index (χ3n) is 2.30. The molecule has 1 unspecified atom stereocenters. The van der Waals surface area contributed by atoms with Crippen LogP contribution in [0.15, 0.2) is 18.2 Å². The molecule has 2 N–H and O–H groups in total. The maximum atomic E-state index is 13.4. The largest absolute Gasteiger partial charge is 0.327 e. The number of rotatable bonds is 6. The van der Waals surface area contributed by atoms with Crippen LogP contribution in [0.25, 0.3) is 0 Å². The van der Waals surface area contributed by atoms with Crippen molar-refractivity contribution in [3.05, 3.63) is 35.4 Å². The molecule has 0 radical (unpaired) electrons. The Labute approximate surface area is 106 Å². The molecule has 1 atom stereocenters. The smallest absolute Gasteiger partial charge is 0.162 e. The van der Waals surface area contributed by atoms with Crippen LogP contribution >= 0.6 is 11.8 Å². The molecule has 0 spiro atoms. The number of hydrogen-bond acceptors (Lipinski definition) is 2. The van der Waals surface area contributed by atoms with Crippen LogP contribution in [0.4, 0.5) is 8.78 Å². The zero-order valence-corrected chi connectivity index (χ0v) is 11.1. The Balaban J connectivity index is 2.45. The summed E-state index contributed by atoms with van der Waals surface area (Å²) < 4.78 is 26.3.